The molecule has 0 spiro atoms. The monoisotopic (exact) mass is 300 g/mol. The number of hydrogen-bond donors (Lipinski definition) is 2. The Labute approximate surface area is 126 Å². The van der Waals surface area contributed by atoms with E-state index in [1.165, 1.54) is 18.0 Å². The van der Waals surface area contributed by atoms with Gasteiger partial charge in [0.25, 0.3) is 0 Å². The molecule has 0 fully saturated rings. The Hall–Kier alpha value is -1.01. The van der Waals surface area contributed by atoms with Crippen molar-refractivity contribution in [2.75, 3.05) is 31.2 Å². The van der Waals surface area contributed by atoms with E-state index in [1.807, 2.05) is 13.8 Å². The highest BCUT2D eigenvalue weighted by Gasteiger charge is 2.13. The van der Waals surface area contributed by atoms with Crippen LogP contribution >= 0.6 is 11.5 Å². The third-order valence-corrected chi connectivity index (χ3v) is 3.93. The number of nitrogens with one attached hydrogen (secondary N) is 1. The van der Waals surface area contributed by atoms with Crippen LogP contribution in [0.1, 0.15) is 40.5 Å². The maximum atomic E-state index is 5.82. The highest BCUT2D eigenvalue weighted by Crippen LogP contribution is 2.35. The minimum absolute atomic E-state index is 0.106. The van der Waals surface area contributed by atoms with E-state index in [4.69, 9.17) is 10.5 Å². The Morgan fingerprint density at radius 3 is 2.60 bits per heavy atom. The first-order valence-corrected chi connectivity index (χ1v) is 8.05. The lowest BCUT2D eigenvalue weighted by Gasteiger charge is -2.20. The number of hydrogen-bond acceptors (Lipinski definition) is 6. The predicted molar refractivity (Wildman–Crippen MR) is 87.8 cm³/mol. The van der Waals surface area contributed by atoms with Gasteiger partial charge in [0.15, 0.2) is 16.6 Å². The van der Waals surface area contributed by atoms with E-state index in [9.17, 15) is 0 Å². The number of rotatable bonds is 9. The molecule has 6 heteroatoms. The van der Waals surface area contributed by atoms with Crippen LogP contribution in [0.3, 0.4) is 0 Å². The van der Waals surface area contributed by atoms with E-state index >= 15 is 0 Å². The number of nitrogen functional groups attached to an aromatic ring is 1. The van der Waals surface area contributed by atoms with Crippen LogP contribution in [0.5, 0.6) is 5.75 Å². The molecule has 0 bridgehead atoms. The molecule has 0 aromatic carbocycles. The topological polar surface area (TPSA) is 63.4 Å². The second-order valence-electron chi connectivity index (χ2n) is 5.60. The number of aromatic nitrogens is 1. The quantitative estimate of drug-likeness (QED) is 0.686. The molecule has 1 rings (SSSR count). The van der Waals surface area contributed by atoms with Crippen molar-refractivity contribution in [2.24, 2.45) is 0 Å². The maximum absolute atomic E-state index is 5.82. The average Bonchev–Trinajstić information content (AvgIpc) is 2.70. The molecule has 0 aliphatic heterocycles. The molecular formula is C14H28N4OS. The van der Waals surface area contributed by atoms with Crippen molar-refractivity contribution in [3.05, 3.63) is 0 Å². The Morgan fingerprint density at radius 2 is 2.00 bits per heavy atom. The maximum Gasteiger partial charge on any atom is 0.197 e. The summed E-state index contributed by atoms with van der Waals surface area (Å²) in [6, 6.07) is 0.607. The fourth-order valence-corrected chi connectivity index (χ4v) is 2.38. The number of ether oxygens (including phenoxy) is 1. The first kappa shape index (κ1) is 17.0. The summed E-state index contributed by atoms with van der Waals surface area (Å²) in [6.07, 6.45) is 2.40. The van der Waals surface area contributed by atoms with Gasteiger partial charge < -0.3 is 20.7 Å². The lowest BCUT2D eigenvalue weighted by atomic mass is 10.2. The first-order chi connectivity index (χ1) is 9.41. The first-order valence-electron chi connectivity index (χ1n) is 7.27. The molecule has 1 aromatic heterocycles. The van der Waals surface area contributed by atoms with Crippen molar-refractivity contribution in [1.29, 1.82) is 0 Å². The van der Waals surface area contributed by atoms with E-state index in [2.05, 4.69) is 35.5 Å². The van der Waals surface area contributed by atoms with E-state index in [0.717, 1.165) is 24.5 Å². The summed E-state index contributed by atoms with van der Waals surface area (Å²) in [6.45, 7) is 10.5. The Kier molecular flexibility index (Phi) is 7.09. The largest absolute Gasteiger partial charge is 0.484 e. The van der Waals surface area contributed by atoms with Crippen LogP contribution in [0, 0.1) is 0 Å². The molecular weight excluding hydrogens is 272 g/mol. The molecule has 3 N–H and O–H groups in total. The third-order valence-electron chi connectivity index (χ3n) is 3.13. The van der Waals surface area contributed by atoms with Crippen LogP contribution in [-0.4, -0.2) is 41.6 Å². The van der Waals surface area contributed by atoms with Gasteiger partial charge in [-0.2, -0.15) is 4.37 Å². The number of unbranched alkanes of at least 4 members (excludes halogenated alkanes) is 1. The molecule has 0 amide bonds. The van der Waals surface area contributed by atoms with E-state index < -0.39 is 0 Å². The van der Waals surface area contributed by atoms with E-state index in [-0.39, 0.29) is 6.10 Å². The van der Waals surface area contributed by atoms with Gasteiger partial charge in [-0.05, 0) is 65.7 Å². The number of nitrogens with zero attached hydrogens (tertiary/aromatic N) is 2. The molecule has 1 aromatic rings. The van der Waals surface area contributed by atoms with E-state index in [0.29, 0.717) is 17.6 Å². The van der Waals surface area contributed by atoms with Crippen LogP contribution in [0.25, 0.3) is 0 Å². The minimum atomic E-state index is 0.106. The summed E-state index contributed by atoms with van der Waals surface area (Å²) in [5.74, 6) is 1.18. The smallest absolute Gasteiger partial charge is 0.197 e. The fraction of sp³-hybridized carbons (Fsp3) is 0.786. The standard InChI is InChI=1S/C14H28N4OS/c1-10(2)18(5)9-7-6-8-16-14-12(19-11(3)4)13(15)17-20-14/h10-11,16H,6-9H2,1-5H3,(H2,15,17). The zero-order chi connectivity index (χ0) is 15.1. The Balaban J connectivity index is 2.32. The fourth-order valence-electron chi connectivity index (χ4n) is 1.70. The van der Waals surface area contributed by atoms with Crippen LogP contribution in [0.15, 0.2) is 0 Å². The zero-order valence-electron chi connectivity index (χ0n) is 13.3. The zero-order valence-corrected chi connectivity index (χ0v) is 14.1. The molecule has 0 unspecified atom stereocenters. The summed E-state index contributed by atoms with van der Waals surface area (Å²) < 4.78 is 9.84. The highest BCUT2D eigenvalue weighted by atomic mass is 32.1. The van der Waals surface area contributed by atoms with Gasteiger partial charge >= 0.3 is 0 Å². The number of nitrogens with two attached hydrogens (primary N) is 1. The molecule has 0 radical (unpaired) electrons. The summed E-state index contributed by atoms with van der Waals surface area (Å²) in [5, 5.41) is 4.31. The predicted octanol–water partition coefficient (Wildman–Crippen LogP) is 3.04. The third kappa shape index (κ3) is 5.54. The normalized spacial score (nSPS) is 11.6. The highest BCUT2D eigenvalue weighted by molar-refractivity contribution is 7.11. The number of anilines is 2. The lowest BCUT2D eigenvalue weighted by Crippen LogP contribution is -2.27. The minimum Gasteiger partial charge on any atom is -0.484 e. The summed E-state index contributed by atoms with van der Waals surface area (Å²) in [4.78, 5) is 2.36. The van der Waals surface area contributed by atoms with Gasteiger partial charge in [-0.1, -0.05) is 0 Å². The Bertz CT molecular complexity index is 393. The molecule has 0 atom stereocenters. The molecule has 0 aliphatic carbocycles. The SMILES string of the molecule is CC(C)Oc1c(N)nsc1NCCCCN(C)C(C)C. The van der Waals surface area contributed by atoms with Crippen LogP contribution in [-0.2, 0) is 0 Å². The van der Waals surface area contributed by atoms with Gasteiger partial charge in [0.1, 0.15) is 0 Å². The van der Waals surface area contributed by atoms with Crippen LogP contribution in [0.2, 0.25) is 0 Å². The Morgan fingerprint density at radius 1 is 1.30 bits per heavy atom. The van der Waals surface area contributed by atoms with Gasteiger partial charge in [0, 0.05) is 12.6 Å². The molecule has 20 heavy (non-hydrogen) atoms. The second kappa shape index (κ2) is 8.32. The van der Waals surface area contributed by atoms with Gasteiger partial charge in [0.2, 0.25) is 0 Å². The summed E-state index contributed by atoms with van der Waals surface area (Å²) >= 11 is 1.37. The molecule has 116 valence electrons. The van der Waals surface area contributed by atoms with Crippen molar-refractivity contribution in [2.45, 2.75) is 52.7 Å². The van der Waals surface area contributed by atoms with Crippen molar-refractivity contribution >= 4 is 22.4 Å². The van der Waals surface area contributed by atoms with Gasteiger partial charge in [0.05, 0.1) is 6.10 Å². The van der Waals surface area contributed by atoms with Crippen molar-refractivity contribution in [3.63, 3.8) is 0 Å². The van der Waals surface area contributed by atoms with Gasteiger partial charge in [-0.15, -0.1) is 0 Å². The second-order valence-corrected chi connectivity index (χ2v) is 6.37. The molecule has 0 saturated carbocycles. The van der Waals surface area contributed by atoms with Crippen molar-refractivity contribution in [3.8, 4) is 5.75 Å². The summed E-state index contributed by atoms with van der Waals surface area (Å²) in [5.41, 5.74) is 5.82. The van der Waals surface area contributed by atoms with Crippen molar-refractivity contribution < 1.29 is 4.74 Å². The summed E-state index contributed by atoms with van der Waals surface area (Å²) in [7, 11) is 2.16. The van der Waals surface area contributed by atoms with Gasteiger partial charge in [-0.3, -0.25) is 0 Å². The van der Waals surface area contributed by atoms with E-state index in [1.54, 1.807) is 0 Å². The van der Waals surface area contributed by atoms with Gasteiger partial charge in [-0.25, -0.2) is 0 Å². The molecule has 1 heterocycles. The molecule has 5 nitrogen and oxygen atoms in total. The molecule has 0 aliphatic rings. The van der Waals surface area contributed by atoms with Crippen LogP contribution < -0.4 is 15.8 Å². The molecule has 0 saturated heterocycles. The lowest BCUT2D eigenvalue weighted by molar-refractivity contribution is 0.245. The average molecular weight is 300 g/mol. The van der Waals surface area contributed by atoms with Crippen molar-refractivity contribution in [1.82, 2.24) is 9.27 Å². The van der Waals surface area contributed by atoms with Crippen LogP contribution in [0.4, 0.5) is 10.8 Å².